The molecule has 18 heavy (non-hydrogen) atoms. The van der Waals surface area contributed by atoms with Crippen LogP contribution in [-0.2, 0) is 6.42 Å². The summed E-state index contributed by atoms with van der Waals surface area (Å²) in [5.74, 6) is 0.664. The van der Waals surface area contributed by atoms with Crippen molar-refractivity contribution in [2.24, 2.45) is 5.92 Å². The van der Waals surface area contributed by atoms with E-state index in [2.05, 4.69) is 12.1 Å². The number of aryl methyl sites for hydroxylation is 1. The van der Waals surface area contributed by atoms with Crippen molar-refractivity contribution in [3.63, 3.8) is 0 Å². The highest BCUT2D eigenvalue weighted by atomic mass is 16.5. The number of methoxy groups -OCH3 is 2. The lowest BCUT2D eigenvalue weighted by Crippen LogP contribution is -2.18. The number of rotatable bonds is 2. The molecule has 4 nitrogen and oxygen atoms in total. The number of fused-ring (bicyclic) bond motifs is 1. The molecule has 0 saturated heterocycles. The zero-order valence-electron chi connectivity index (χ0n) is 10.4. The van der Waals surface area contributed by atoms with Crippen LogP contribution in [0, 0.1) is 28.6 Å². The van der Waals surface area contributed by atoms with Crippen LogP contribution in [0.25, 0.3) is 0 Å². The molecule has 1 aliphatic rings. The Morgan fingerprint density at radius 1 is 1.11 bits per heavy atom. The molecule has 4 heteroatoms. The topological polar surface area (TPSA) is 66.0 Å². The largest absolute Gasteiger partial charge is 0.493 e. The Hall–Kier alpha value is -2.20. The van der Waals surface area contributed by atoms with Crippen molar-refractivity contribution in [1.82, 2.24) is 0 Å². The minimum atomic E-state index is -0.376. The van der Waals surface area contributed by atoms with E-state index in [0.717, 1.165) is 24.0 Å². The van der Waals surface area contributed by atoms with Crippen LogP contribution in [0.2, 0.25) is 0 Å². The van der Waals surface area contributed by atoms with Gasteiger partial charge in [0, 0.05) is 0 Å². The Bertz CT molecular complexity index is 540. The lowest BCUT2D eigenvalue weighted by molar-refractivity contribution is 0.352. The molecule has 0 bridgehead atoms. The van der Waals surface area contributed by atoms with E-state index < -0.39 is 0 Å². The van der Waals surface area contributed by atoms with Crippen molar-refractivity contribution in [2.45, 2.75) is 18.8 Å². The summed E-state index contributed by atoms with van der Waals surface area (Å²) in [5.41, 5.74) is 1.97. The minimum Gasteiger partial charge on any atom is -0.493 e. The number of hydrogen-bond donors (Lipinski definition) is 0. The molecule has 0 spiro atoms. The standard InChI is InChI=1S/C14H14N2O2/c1-17-13-5-9-3-4-10(7-15)12(8-16)11(9)6-14(13)18-2/h5-6,10,12H,3-4H2,1-2H3. The molecule has 0 aliphatic heterocycles. The maximum Gasteiger partial charge on any atom is 0.161 e. The zero-order valence-corrected chi connectivity index (χ0v) is 10.4. The summed E-state index contributed by atoms with van der Waals surface area (Å²) in [7, 11) is 3.16. The Balaban J connectivity index is 2.54. The number of nitriles is 2. The van der Waals surface area contributed by atoms with Gasteiger partial charge in [-0.25, -0.2) is 0 Å². The van der Waals surface area contributed by atoms with Crippen LogP contribution < -0.4 is 9.47 Å². The fourth-order valence-electron chi connectivity index (χ4n) is 2.44. The molecule has 92 valence electrons. The maximum absolute atomic E-state index is 9.26. The van der Waals surface area contributed by atoms with Gasteiger partial charge in [0.15, 0.2) is 11.5 Å². The molecule has 0 fully saturated rings. The van der Waals surface area contributed by atoms with E-state index in [1.807, 2.05) is 12.1 Å². The molecular formula is C14H14N2O2. The van der Waals surface area contributed by atoms with E-state index in [4.69, 9.17) is 14.7 Å². The molecule has 2 rings (SSSR count). The third-order valence-electron chi connectivity index (χ3n) is 3.41. The first kappa shape index (κ1) is 12.3. The Morgan fingerprint density at radius 3 is 2.33 bits per heavy atom. The van der Waals surface area contributed by atoms with Crippen LogP contribution in [0.15, 0.2) is 12.1 Å². The second kappa shape index (κ2) is 4.98. The first-order valence-corrected chi connectivity index (χ1v) is 5.79. The van der Waals surface area contributed by atoms with E-state index in [1.165, 1.54) is 0 Å². The van der Waals surface area contributed by atoms with Gasteiger partial charge in [-0.1, -0.05) is 0 Å². The first-order valence-electron chi connectivity index (χ1n) is 5.79. The molecule has 0 saturated carbocycles. The van der Waals surface area contributed by atoms with E-state index in [9.17, 15) is 5.26 Å². The SMILES string of the molecule is COc1cc2c(cc1OC)C(C#N)C(C#N)CC2. The zero-order chi connectivity index (χ0) is 13.1. The number of nitrogens with zero attached hydrogens (tertiary/aromatic N) is 2. The maximum atomic E-state index is 9.26. The first-order chi connectivity index (χ1) is 8.74. The van der Waals surface area contributed by atoms with Gasteiger partial charge in [-0.15, -0.1) is 0 Å². The van der Waals surface area contributed by atoms with E-state index in [-0.39, 0.29) is 11.8 Å². The summed E-state index contributed by atoms with van der Waals surface area (Å²) >= 11 is 0. The fraction of sp³-hybridized carbons (Fsp3) is 0.429. The van der Waals surface area contributed by atoms with Crippen LogP contribution in [0.3, 0.4) is 0 Å². The second-order valence-electron chi connectivity index (χ2n) is 4.29. The predicted molar refractivity (Wildman–Crippen MR) is 65.3 cm³/mol. The fourth-order valence-corrected chi connectivity index (χ4v) is 2.44. The number of ether oxygens (including phenoxy) is 2. The van der Waals surface area contributed by atoms with Crippen LogP contribution in [-0.4, -0.2) is 14.2 Å². The van der Waals surface area contributed by atoms with Gasteiger partial charge in [0.1, 0.15) is 0 Å². The highest BCUT2D eigenvalue weighted by Gasteiger charge is 2.31. The lowest BCUT2D eigenvalue weighted by Gasteiger charge is -2.26. The van der Waals surface area contributed by atoms with Crippen molar-refractivity contribution >= 4 is 0 Å². The van der Waals surface area contributed by atoms with Gasteiger partial charge in [-0.2, -0.15) is 10.5 Å². The quantitative estimate of drug-likeness (QED) is 0.798. The van der Waals surface area contributed by atoms with Gasteiger partial charge in [0.25, 0.3) is 0 Å². The summed E-state index contributed by atoms with van der Waals surface area (Å²) < 4.78 is 10.5. The van der Waals surface area contributed by atoms with Crippen molar-refractivity contribution in [1.29, 1.82) is 10.5 Å². The van der Waals surface area contributed by atoms with E-state index in [1.54, 1.807) is 14.2 Å². The molecule has 0 radical (unpaired) electrons. The van der Waals surface area contributed by atoms with E-state index in [0.29, 0.717) is 11.5 Å². The highest BCUT2D eigenvalue weighted by molar-refractivity contribution is 5.51. The lowest BCUT2D eigenvalue weighted by atomic mass is 9.76. The molecule has 0 N–H and O–H groups in total. The van der Waals surface area contributed by atoms with E-state index >= 15 is 0 Å². The van der Waals surface area contributed by atoms with Gasteiger partial charge in [0.05, 0.1) is 38.2 Å². The van der Waals surface area contributed by atoms with Crippen molar-refractivity contribution in [3.8, 4) is 23.6 Å². The molecule has 2 atom stereocenters. The third kappa shape index (κ3) is 1.87. The minimum absolute atomic E-state index is 0.236. The Kier molecular flexibility index (Phi) is 3.39. The number of benzene rings is 1. The van der Waals surface area contributed by atoms with Crippen molar-refractivity contribution in [3.05, 3.63) is 23.3 Å². The van der Waals surface area contributed by atoms with Gasteiger partial charge in [0.2, 0.25) is 0 Å². The number of hydrogen-bond acceptors (Lipinski definition) is 4. The second-order valence-corrected chi connectivity index (χ2v) is 4.29. The summed E-state index contributed by atoms with van der Waals surface area (Å²) in [6.45, 7) is 0. The van der Waals surface area contributed by atoms with Gasteiger partial charge >= 0.3 is 0 Å². The van der Waals surface area contributed by atoms with Crippen molar-refractivity contribution in [2.75, 3.05) is 14.2 Å². The van der Waals surface area contributed by atoms with Crippen LogP contribution >= 0.6 is 0 Å². The molecule has 0 heterocycles. The summed E-state index contributed by atoms with van der Waals surface area (Å²) in [6, 6.07) is 8.18. The van der Waals surface area contributed by atoms with Gasteiger partial charge in [-0.3, -0.25) is 0 Å². The smallest absolute Gasteiger partial charge is 0.161 e. The van der Waals surface area contributed by atoms with Crippen LogP contribution in [0.5, 0.6) is 11.5 Å². The molecular weight excluding hydrogens is 228 g/mol. The van der Waals surface area contributed by atoms with Crippen LogP contribution in [0.1, 0.15) is 23.5 Å². The Labute approximate surface area is 106 Å². The van der Waals surface area contributed by atoms with Gasteiger partial charge < -0.3 is 9.47 Å². The molecule has 1 aromatic rings. The highest BCUT2D eigenvalue weighted by Crippen LogP contribution is 2.41. The predicted octanol–water partition coefficient (Wildman–Crippen LogP) is 2.40. The summed E-state index contributed by atoms with van der Waals surface area (Å²) in [4.78, 5) is 0. The molecule has 0 aromatic heterocycles. The summed E-state index contributed by atoms with van der Waals surface area (Å²) in [5, 5.41) is 18.3. The molecule has 2 unspecified atom stereocenters. The summed E-state index contributed by atoms with van der Waals surface area (Å²) in [6.07, 6.45) is 1.52. The average Bonchev–Trinajstić information content (AvgIpc) is 2.44. The Morgan fingerprint density at radius 2 is 1.78 bits per heavy atom. The molecule has 1 aromatic carbocycles. The van der Waals surface area contributed by atoms with Crippen molar-refractivity contribution < 1.29 is 9.47 Å². The molecule has 0 amide bonds. The third-order valence-corrected chi connectivity index (χ3v) is 3.41. The van der Waals surface area contributed by atoms with Crippen LogP contribution in [0.4, 0.5) is 0 Å². The average molecular weight is 242 g/mol. The van der Waals surface area contributed by atoms with Gasteiger partial charge in [-0.05, 0) is 36.1 Å². The normalized spacial score (nSPS) is 21.3. The molecule has 1 aliphatic carbocycles. The monoisotopic (exact) mass is 242 g/mol.